The summed E-state index contributed by atoms with van der Waals surface area (Å²) < 4.78 is 19.2. The molecule has 0 spiro atoms. The molecule has 1 N–H and O–H groups in total. The molecule has 3 nitrogen and oxygen atoms in total. The van der Waals surface area contributed by atoms with Crippen LogP contribution in [-0.2, 0) is 4.74 Å². The standard InChI is InChI=1S/C16H24FNO2/c1-2-20-13-6-5-10-18(12-13)11-9-16(19)14-7-3-4-8-15(14)17/h3-4,7-8,13,16,19H,2,5-6,9-12H2,1H3. The summed E-state index contributed by atoms with van der Waals surface area (Å²) in [7, 11) is 0. The van der Waals surface area contributed by atoms with E-state index in [9.17, 15) is 9.50 Å². The van der Waals surface area contributed by atoms with Crippen LogP contribution >= 0.6 is 0 Å². The van der Waals surface area contributed by atoms with Gasteiger partial charge in [0.2, 0.25) is 0 Å². The monoisotopic (exact) mass is 281 g/mol. The molecule has 0 saturated carbocycles. The first kappa shape index (κ1) is 15.4. The summed E-state index contributed by atoms with van der Waals surface area (Å²) in [4.78, 5) is 2.30. The first-order valence-corrected chi connectivity index (χ1v) is 7.47. The summed E-state index contributed by atoms with van der Waals surface area (Å²) in [6.45, 7) is 5.49. The minimum absolute atomic E-state index is 0.305. The van der Waals surface area contributed by atoms with Gasteiger partial charge < -0.3 is 14.7 Å². The minimum Gasteiger partial charge on any atom is -0.388 e. The maximum atomic E-state index is 13.6. The van der Waals surface area contributed by atoms with E-state index in [0.717, 1.165) is 39.1 Å². The largest absolute Gasteiger partial charge is 0.388 e. The SMILES string of the molecule is CCOC1CCCN(CCC(O)c2ccccc2F)C1. The molecule has 2 unspecified atom stereocenters. The second-order valence-corrected chi connectivity index (χ2v) is 5.35. The number of hydrogen-bond donors (Lipinski definition) is 1. The summed E-state index contributed by atoms with van der Waals surface area (Å²) in [6, 6.07) is 6.44. The van der Waals surface area contributed by atoms with Crippen LogP contribution in [0.5, 0.6) is 0 Å². The molecule has 0 aliphatic carbocycles. The molecule has 1 aromatic carbocycles. The van der Waals surface area contributed by atoms with E-state index in [2.05, 4.69) is 4.90 Å². The van der Waals surface area contributed by atoms with E-state index in [0.29, 0.717) is 18.1 Å². The number of nitrogens with zero attached hydrogens (tertiary/aromatic N) is 1. The summed E-state index contributed by atoms with van der Waals surface area (Å²) in [5.41, 5.74) is 0.394. The van der Waals surface area contributed by atoms with Crippen molar-refractivity contribution in [1.29, 1.82) is 0 Å². The molecule has 2 rings (SSSR count). The third kappa shape index (κ3) is 4.27. The van der Waals surface area contributed by atoms with Gasteiger partial charge in [0, 0.05) is 25.3 Å². The van der Waals surface area contributed by atoms with E-state index in [1.807, 2.05) is 6.92 Å². The highest BCUT2D eigenvalue weighted by molar-refractivity contribution is 5.19. The average Bonchev–Trinajstić information content (AvgIpc) is 2.46. The molecular weight excluding hydrogens is 257 g/mol. The van der Waals surface area contributed by atoms with Crippen LogP contribution in [0, 0.1) is 5.82 Å². The van der Waals surface area contributed by atoms with Crippen LogP contribution < -0.4 is 0 Å². The van der Waals surface area contributed by atoms with Crippen molar-refractivity contribution in [2.75, 3.05) is 26.2 Å². The first-order valence-electron chi connectivity index (χ1n) is 7.47. The molecular formula is C16H24FNO2. The number of aliphatic hydroxyl groups is 1. The smallest absolute Gasteiger partial charge is 0.128 e. The normalized spacial score (nSPS) is 21.9. The van der Waals surface area contributed by atoms with E-state index < -0.39 is 6.10 Å². The van der Waals surface area contributed by atoms with Gasteiger partial charge >= 0.3 is 0 Å². The number of hydrogen-bond acceptors (Lipinski definition) is 3. The second-order valence-electron chi connectivity index (χ2n) is 5.35. The van der Waals surface area contributed by atoms with Gasteiger partial charge in [-0.25, -0.2) is 4.39 Å². The zero-order chi connectivity index (χ0) is 14.4. The molecule has 0 aromatic heterocycles. The fraction of sp³-hybridized carbons (Fsp3) is 0.625. The Bertz CT molecular complexity index is 411. The minimum atomic E-state index is -0.733. The Morgan fingerprint density at radius 2 is 2.25 bits per heavy atom. The lowest BCUT2D eigenvalue weighted by molar-refractivity contribution is 0.00201. The van der Waals surface area contributed by atoms with Crippen LogP contribution in [0.25, 0.3) is 0 Å². The van der Waals surface area contributed by atoms with Gasteiger partial charge in [-0.05, 0) is 38.8 Å². The van der Waals surface area contributed by atoms with Crippen LogP contribution in [0.1, 0.15) is 37.9 Å². The molecule has 4 heteroatoms. The zero-order valence-electron chi connectivity index (χ0n) is 12.1. The van der Waals surface area contributed by atoms with Crippen LogP contribution in [0.15, 0.2) is 24.3 Å². The van der Waals surface area contributed by atoms with Gasteiger partial charge in [0.15, 0.2) is 0 Å². The van der Waals surface area contributed by atoms with Crippen molar-refractivity contribution < 1.29 is 14.2 Å². The molecule has 1 aliphatic heterocycles. The molecule has 20 heavy (non-hydrogen) atoms. The predicted molar refractivity (Wildman–Crippen MR) is 77.1 cm³/mol. The third-order valence-corrected chi connectivity index (χ3v) is 3.85. The summed E-state index contributed by atoms with van der Waals surface area (Å²) in [5.74, 6) is -0.328. The lowest BCUT2D eigenvalue weighted by Crippen LogP contribution is -2.40. The molecule has 2 atom stereocenters. The van der Waals surface area contributed by atoms with Gasteiger partial charge in [0.1, 0.15) is 5.82 Å². The first-order chi connectivity index (χ1) is 9.70. The van der Waals surface area contributed by atoms with E-state index in [-0.39, 0.29) is 5.82 Å². The number of rotatable bonds is 6. The van der Waals surface area contributed by atoms with E-state index in [4.69, 9.17) is 4.74 Å². The van der Waals surface area contributed by atoms with Gasteiger partial charge in [0.05, 0.1) is 12.2 Å². The van der Waals surface area contributed by atoms with Gasteiger partial charge in [-0.3, -0.25) is 0 Å². The molecule has 1 fully saturated rings. The summed E-state index contributed by atoms with van der Waals surface area (Å²) in [5, 5.41) is 10.1. The topological polar surface area (TPSA) is 32.7 Å². The molecule has 1 heterocycles. The molecule has 112 valence electrons. The van der Waals surface area contributed by atoms with E-state index in [1.54, 1.807) is 18.2 Å². The van der Waals surface area contributed by atoms with Crippen LogP contribution in [-0.4, -0.2) is 42.4 Å². The molecule has 1 saturated heterocycles. The Balaban J connectivity index is 1.81. The van der Waals surface area contributed by atoms with Crippen molar-refractivity contribution in [3.8, 4) is 0 Å². The Morgan fingerprint density at radius 3 is 3.00 bits per heavy atom. The van der Waals surface area contributed by atoms with Crippen molar-refractivity contribution >= 4 is 0 Å². The fourth-order valence-electron chi connectivity index (χ4n) is 2.79. The zero-order valence-corrected chi connectivity index (χ0v) is 12.1. The van der Waals surface area contributed by atoms with Gasteiger partial charge in [-0.2, -0.15) is 0 Å². The lowest BCUT2D eigenvalue weighted by Gasteiger charge is -2.32. The maximum Gasteiger partial charge on any atom is 0.128 e. The molecule has 1 aromatic rings. The van der Waals surface area contributed by atoms with Crippen molar-refractivity contribution in [2.45, 2.75) is 38.4 Å². The Labute approximate surface area is 120 Å². The maximum absolute atomic E-state index is 13.6. The second kappa shape index (κ2) is 7.72. The Morgan fingerprint density at radius 1 is 1.45 bits per heavy atom. The number of likely N-dealkylation sites (tertiary alicyclic amines) is 1. The fourth-order valence-corrected chi connectivity index (χ4v) is 2.79. The van der Waals surface area contributed by atoms with Crippen LogP contribution in [0.2, 0.25) is 0 Å². The van der Waals surface area contributed by atoms with Crippen molar-refractivity contribution in [2.24, 2.45) is 0 Å². The van der Waals surface area contributed by atoms with Crippen molar-refractivity contribution in [1.82, 2.24) is 4.90 Å². The quantitative estimate of drug-likeness (QED) is 0.870. The Hall–Kier alpha value is -0.970. The number of benzene rings is 1. The van der Waals surface area contributed by atoms with E-state index >= 15 is 0 Å². The highest BCUT2D eigenvalue weighted by Crippen LogP contribution is 2.21. The van der Waals surface area contributed by atoms with Crippen molar-refractivity contribution in [3.05, 3.63) is 35.6 Å². The predicted octanol–water partition coefficient (Wildman–Crippen LogP) is 2.75. The highest BCUT2D eigenvalue weighted by atomic mass is 19.1. The van der Waals surface area contributed by atoms with Crippen LogP contribution in [0.4, 0.5) is 4.39 Å². The number of piperidine rings is 1. The number of aliphatic hydroxyl groups excluding tert-OH is 1. The summed E-state index contributed by atoms with van der Waals surface area (Å²) >= 11 is 0. The summed E-state index contributed by atoms with van der Waals surface area (Å²) in [6.07, 6.45) is 2.36. The Kier molecular flexibility index (Phi) is 5.95. The third-order valence-electron chi connectivity index (χ3n) is 3.85. The highest BCUT2D eigenvalue weighted by Gasteiger charge is 2.21. The average molecular weight is 281 g/mol. The van der Waals surface area contributed by atoms with Crippen LogP contribution in [0.3, 0.4) is 0 Å². The molecule has 0 bridgehead atoms. The van der Waals surface area contributed by atoms with Gasteiger partial charge in [-0.1, -0.05) is 18.2 Å². The number of ether oxygens (including phenoxy) is 1. The molecule has 0 radical (unpaired) electrons. The van der Waals surface area contributed by atoms with Gasteiger partial charge in [-0.15, -0.1) is 0 Å². The molecule has 1 aliphatic rings. The van der Waals surface area contributed by atoms with Gasteiger partial charge in [0.25, 0.3) is 0 Å². The van der Waals surface area contributed by atoms with E-state index in [1.165, 1.54) is 6.07 Å². The lowest BCUT2D eigenvalue weighted by atomic mass is 10.0. The number of halogens is 1. The molecule has 0 amide bonds. The van der Waals surface area contributed by atoms with Crippen molar-refractivity contribution in [3.63, 3.8) is 0 Å².